The highest BCUT2D eigenvalue weighted by Crippen LogP contribution is 2.18. The fourth-order valence-electron chi connectivity index (χ4n) is 1.47. The smallest absolute Gasteiger partial charge is 0.140 e. The molecular weight excluding hydrogens is 195 g/mol. The third kappa shape index (κ3) is 1.89. The molecule has 4 heteroatoms. The molecule has 15 heavy (non-hydrogen) atoms. The molecule has 0 aliphatic carbocycles. The molecule has 0 saturated carbocycles. The van der Waals surface area contributed by atoms with Crippen LogP contribution in [0.3, 0.4) is 0 Å². The van der Waals surface area contributed by atoms with Crippen LogP contribution in [-0.2, 0) is 13.7 Å². The van der Waals surface area contributed by atoms with Gasteiger partial charge in [0.2, 0.25) is 0 Å². The summed E-state index contributed by atoms with van der Waals surface area (Å²) in [6.45, 7) is -0.0883. The molecule has 0 saturated heterocycles. The van der Waals surface area contributed by atoms with Crippen molar-refractivity contribution in [3.05, 3.63) is 42.0 Å². The Morgan fingerprint density at radius 2 is 2.00 bits per heavy atom. The summed E-state index contributed by atoms with van der Waals surface area (Å²) in [4.78, 5) is 4.22. The molecule has 0 spiro atoms. The third-order valence-corrected chi connectivity index (χ3v) is 2.19. The molecule has 0 atom stereocenters. The average molecular weight is 206 g/mol. The highest BCUT2D eigenvalue weighted by atomic mass is 19.1. The van der Waals surface area contributed by atoms with Crippen molar-refractivity contribution in [1.82, 2.24) is 9.55 Å². The summed E-state index contributed by atoms with van der Waals surface area (Å²) in [5, 5.41) is 8.93. The van der Waals surface area contributed by atoms with Crippen LogP contribution in [0.15, 0.2) is 30.5 Å². The summed E-state index contributed by atoms with van der Waals surface area (Å²) in [6.07, 6.45) is 1.75. The Bertz CT molecular complexity index is 462. The first-order chi connectivity index (χ1) is 7.20. The first-order valence-corrected chi connectivity index (χ1v) is 4.60. The fourth-order valence-corrected chi connectivity index (χ4v) is 1.47. The highest BCUT2D eigenvalue weighted by molar-refractivity contribution is 5.55. The number of aliphatic hydroxyl groups excluding tert-OH is 1. The van der Waals surface area contributed by atoms with Crippen molar-refractivity contribution in [3.63, 3.8) is 0 Å². The lowest BCUT2D eigenvalue weighted by Crippen LogP contribution is -1.90. The minimum atomic E-state index is -0.268. The van der Waals surface area contributed by atoms with Crippen LogP contribution in [0.4, 0.5) is 4.39 Å². The van der Waals surface area contributed by atoms with E-state index in [4.69, 9.17) is 5.11 Å². The summed E-state index contributed by atoms with van der Waals surface area (Å²) < 4.78 is 14.5. The van der Waals surface area contributed by atoms with E-state index < -0.39 is 0 Å². The van der Waals surface area contributed by atoms with Crippen LogP contribution in [-0.4, -0.2) is 14.7 Å². The number of rotatable bonds is 2. The van der Waals surface area contributed by atoms with Crippen LogP contribution in [0.1, 0.15) is 5.69 Å². The maximum absolute atomic E-state index is 12.7. The van der Waals surface area contributed by atoms with Crippen molar-refractivity contribution in [3.8, 4) is 11.4 Å². The second-order valence-corrected chi connectivity index (χ2v) is 3.33. The number of nitrogens with zero attached hydrogens (tertiary/aromatic N) is 2. The van der Waals surface area contributed by atoms with Crippen molar-refractivity contribution < 1.29 is 9.50 Å². The molecule has 0 unspecified atom stereocenters. The minimum absolute atomic E-state index is 0.0883. The predicted molar refractivity (Wildman–Crippen MR) is 54.5 cm³/mol. The second kappa shape index (κ2) is 3.82. The van der Waals surface area contributed by atoms with Crippen LogP contribution in [0.2, 0.25) is 0 Å². The normalized spacial score (nSPS) is 10.6. The molecule has 0 amide bonds. The van der Waals surface area contributed by atoms with E-state index in [0.717, 1.165) is 11.4 Å². The molecule has 1 aromatic carbocycles. The summed E-state index contributed by atoms with van der Waals surface area (Å²) in [5.41, 5.74) is 1.44. The van der Waals surface area contributed by atoms with Crippen LogP contribution in [0.5, 0.6) is 0 Å². The fraction of sp³-hybridized carbons (Fsp3) is 0.182. The van der Waals surface area contributed by atoms with Gasteiger partial charge in [-0.1, -0.05) is 0 Å². The monoisotopic (exact) mass is 206 g/mol. The topological polar surface area (TPSA) is 38.0 Å². The van der Waals surface area contributed by atoms with Gasteiger partial charge < -0.3 is 9.67 Å². The summed E-state index contributed by atoms with van der Waals surface area (Å²) >= 11 is 0. The van der Waals surface area contributed by atoms with E-state index in [9.17, 15) is 4.39 Å². The Morgan fingerprint density at radius 3 is 2.53 bits per heavy atom. The van der Waals surface area contributed by atoms with Gasteiger partial charge in [0.15, 0.2) is 0 Å². The van der Waals surface area contributed by atoms with Crippen LogP contribution < -0.4 is 0 Å². The van der Waals surface area contributed by atoms with Crippen molar-refractivity contribution in [1.29, 1.82) is 0 Å². The van der Waals surface area contributed by atoms with Gasteiger partial charge in [-0.15, -0.1) is 0 Å². The zero-order valence-electron chi connectivity index (χ0n) is 8.31. The number of aliphatic hydroxyl groups is 1. The van der Waals surface area contributed by atoms with Crippen molar-refractivity contribution in [2.45, 2.75) is 6.61 Å². The van der Waals surface area contributed by atoms with E-state index in [2.05, 4.69) is 4.98 Å². The summed E-state index contributed by atoms with van der Waals surface area (Å²) in [7, 11) is 1.84. The maximum atomic E-state index is 12.7. The van der Waals surface area contributed by atoms with Gasteiger partial charge >= 0.3 is 0 Å². The van der Waals surface area contributed by atoms with E-state index in [-0.39, 0.29) is 12.4 Å². The minimum Gasteiger partial charge on any atom is -0.390 e. The van der Waals surface area contributed by atoms with Gasteiger partial charge in [0.25, 0.3) is 0 Å². The first-order valence-electron chi connectivity index (χ1n) is 4.60. The SMILES string of the molecule is Cn1cc(CO)nc1-c1ccc(F)cc1. The van der Waals surface area contributed by atoms with Gasteiger partial charge in [0.1, 0.15) is 11.6 Å². The molecule has 0 aliphatic rings. The first kappa shape index (κ1) is 9.86. The molecule has 78 valence electrons. The van der Waals surface area contributed by atoms with Gasteiger partial charge in [0, 0.05) is 18.8 Å². The zero-order valence-corrected chi connectivity index (χ0v) is 8.31. The number of hydrogen-bond acceptors (Lipinski definition) is 2. The quantitative estimate of drug-likeness (QED) is 0.812. The van der Waals surface area contributed by atoms with Gasteiger partial charge in [-0.25, -0.2) is 9.37 Å². The van der Waals surface area contributed by atoms with E-state index >= 15 is 0 Å². The Labute approximate surface area is 86.8 Å². The zero-order chi connectivity index (χ0) is 10.8. The molecule has 0 radical (unpaired) electrons. The van der Waals surface area contributed by atoms with Crippen molar-refractivity contribution >= 4 is 0 Å². The second-order valence-electron chi connectivity index (χ2n) is 3.33. The molecule has 2 rings (SSSR count). The van der Waals surface area contributed by atoms with Gasteiger partial charge in [-0.05, 0) is 24.3 Å². The number of hydrogen-bond donors (Lipinski definition) is 1. The molecule has 0 bridgehead atoms. The number of benzene rings is 1. The molecule has 1 aromatic heterocycles. The maximum Gasteiger partial charge on any atom is 0.140 e. The largest absolute Gasteiger partial charge is 0.390 e. The summed E-state index contributed by atoms with van der Waals surface area (Å²) in [6, 6.07) is 6.11. The third-order valence-electron chi connectivity index (χ3n) is 2.19. The Morgan fingerprint density at radius 1 is 1.33 bits per heavy atom. The summed E-state index contributed by atoms with van der Waals surface area (Å²) in [5.74, 6) is 0.453. The Balaban J connectivity index is 2.44. The van der Waals surface area contributed by atoms with Crippen molar-refractivity contribution in [2.75, 3.05) is 0 Å². The van der Waals surface area contributed by atoms with Crippen LogP contribution in [0.25, 0.3) is 11.4 Å². The number of imidazole rings is 1. The van der Waals surface area contributed by atoms with Gasteiger partial charge in [0.05, 0.1) is 12.3 Å². The molecular formula is C11H11FN2O. The van der Waals surface area contributed by atoms with Gasteiger partial charge in [-0.2, -0.15) is 0 Å². The predicted octanol–water partition coefficient (Wildman–Crippen LogP) is 1.72. The number of aromatic nitrogens is 2. The van der Waals surface area contributed by atoms with E-state index in [1.165, 1.54) is 12.1 Å². The molecule has 0 aliphatic heterocycles. The van der Waals surface area contributed by atoms with Gasteiger partial charge in [-0.3, -0.25) is 0 Å². The molecule has 3 nitrogen and oxygen atoms in total. The van der Waals surface area contributed by atoms with Crippen molar-refractivity contribution in [2.24, 2.45) is 7.05 Å². The lowest BCUT2D eigenvalue weighted by Gasteiger charge is -2.00. The highest BCUT2D eigenvalue weighted by Gasteiger charge is 2.06. The lowest BCUT2D eigenvalue weighted by atomic mass is 10.2. The van der Waals surface area contributed by atoms with Crippen LogP contribution >= 0.6 is 0 Å². The lowest BCUT2D eigenvalue weighted by molar-refractivity contribution is 0.277. The Hall–Kier alpha value is -1.68. The standard InChI is InChI=1S/C11H11FN2O/c1-14-6-10(7-15)13-11(14)8-2-4-9(12)5-3-8/h2-6,15H,7H2,1H3. The molecule has 2 aromatic rings. The van der Waals surface area contributed by atoms with Crippen LogP contribution in [0, 0.1) is 5.82 Å². The van der Waals surface area contributed by atoms with E-state index in [1.54, 1.807) is 22.9 Å². The van der Waals surface area contributed by atoms with E-state index in [0.29, 0.717) is 5.69 Å². The number of halogens is 1. The molecule has 0 fully saturated rings. The Kier molecular flexibility index (Phi) is 2.51. The molecule has 1 N–H and O–H groups in total. The average Bonchev–Trinajstić information content (AvgIpc) is 2.61. The number of aryl methyl sites for hydroxylation is 1. The molecule has 1 heterocycles. The van der Waals surface area contributed by atoms with E-state index in [1.807, 2.05) is 7.05 Å².